The number of aryl methyl sites for hydroxylation is 1. The molecule has 2 aliphatic heterocycles. The Morgan fingerprint density at radius 3 is 2.86 bits per heavy atom. The van der Waals surface area contributed by atoms with Crippen molar-refractivity contribution in [3.05, 3.63) is 42.0 Å². The van der Waals surface area contributed by atoms with Crippen molar-refractivity contribution in [3.8, 4) is 0 Å². The maximum absolute atomic E-state index is 14.9. The van der Waals surface area contributed by atoms with Gasteiger partial charge in [0, 0.05) is 26.2 Å². The fraction of sp³-hybridized carbons (Fsp3) is 0.450. The molecule has 2 atom stereocenters. The van der Waals surface area contributed by atoms with E-state index in [0.29, 0.717) is 17.9 Å². The maximum atomic E-state index is 14.9. The smallest absolute Gasteiger partial charge is 0.414 e. The van der Waals surface area contributed by atoms with Crippen LogP contribution in [0.5, 0.6) is 0 Å². The van der Waals surface area contributed by atoms with Gasteiger partial charge in [-0.25, -0.2) is 9.18 Å². The van der Waals surface area contributed by atoms with Gasteiger partial charge in [0.05, 0.1) is 36.2 Å². The van der Waals surface area contributed by atoms with Crippen LogP contribution in [0.1, 0.15) is 25.1 Å². The van der Waals surface area contributed by atoms with E-state index in [1.165, 1.54) is 17.9 Å². The van der Waals surface area contributed by atoms with Gasteiger partial charge in [-0.2, -0.15) is 5.10 Å². The van der Waals surface area contributed by atoms with Crippen molar-refractivity contribution in [2.24, 2.45) is 0 Å². The largest absolute Gasteiger partial charge is 0.442 e. The first-order valence-electron chi connectivity index (χ1n) is 9.69. The molecular formula is C20H24FN5O3. The number of ether oxygens (including phenoxy) is 1. The Labute approximate surface area is 168 Å². The average Bonchev–Trinajstić information content (AvgIpc) is 3.39. The number of amides is 2. The highest BCUT2D eigenvalue weighted by molar-refractivity contribution is 5.90. The molecule has 2 amide bonds. The Morgan fingerprint density at radius 2 is 2.17 bits per heavy atom. The molecule has 2 aliphatic rings. The summed E-state index contributed by atoms with van der Waals surface area (Å²) in [4.78, 5) is 26.6. The minimum Gasteiger partial charge on any atom is -0.442 e. The molecule has 29 heavy (non-hydrogen) atoms. The Morgan fingerprint density at radius 1 is 1.34 bits per heavy atom. The Balaban J connectivity index is 1.43. The number of anilines is 2. The summed E-state index contributed by atoms with van der Waals surface area (Å²) in [5.74, 6) is -0.568. The van der Waals surface area contributed by atoms with Gasteiger partial charge in [-0.15, -0.1) is 0 Å². The zero-order valence-corrected chi connectivity index (χ0v) is 16.5. The molecule has 9 heteroatoms. The molecule has 8 nitrogen and oxygen atoms in total. The first-order chi connectivity index (χ1) is 13.9. The zero-order chi connectivity index (χ0) is 20.5. The normalized spacial score (nSPS) is 21.6. The summed E-state index contributed by atoms with van der Waals surface area (Å²) in [5.41, 5.74) is 1.93. The number of cyclic esters (lactones) is 1. The maximum Gasteiger partial charge on any atom is 0.414 e. The zero-order valence-electron chi connectivity index (χ0n) is 16.5. The summed E-state index contributed by atoms with van der Waals surface area (Å²) in [6.45, 7) is 5.28. The lowest BCUT2D eigenvalue weighted by Gasteiger charge is -2.21. The second-order valence-electron chi connectivity index (χ2n) is 7.51. The Bertz CT molecular complexity index is 931. The van der Waals surface area contributed by atoms with Gasteiger partial charge in [-0.05, 0) is 37.6 Å². The van der Waals surface area contributed by atoms with E-state index in [-0.39, 0.29) is 30.9 Å². The topological polar surface area (TPSA) is 79.7 Å². The summed E-state index contributed by atoms with van der Waals surface area (Å²) in [7, 11) is 0. The Hall–Kier alpha value is -3.10. The van der Waals surface area contributed by atoms with Crippen LogP contribution in [0, 0.1) is 12.7 Å². The Kier molecular flexibility index (Phi) is 5.12. The third kappa shape index (κ3) is 4.03. The minimum atomic E-state index is -0.539. The van der Waals surface area contributed by atoms with Crippen molar-refractivity contribution in [2.45, 2.75) is 32.4 Å². The van der Waals surface area contributed by atoms with E-state index in [0.717, 1.165) is 18.7 Å². The summed E-state index contributed by atoms with van der Waals surface area (Å²) in [6.07, 6.45) is 1.86. The van der Waals surface area contributed by atoms with Crippen LogP contribution in [-0.2, 0) is 9.53 Å². The van der Waals surface area contributed by atoms with E-state index in [1.54, 1.807) is 12.1 Å². The first kappa shape index (κ1) is 19.2. The van der Waals surface area contributed by atoms with Crippen LogP contribution in [0.4, 0.5) is 20.6 Å². The van der Waals surface area contributed by atoms with E-state index >= 15 is 0 Å². The number of carbonyl (C=O) groups excluding carboxylic acids is 2. The third-order valence-corrected chi connectivity index (χ3v) is 5.32. The van der Waals surface area contributed by atoms with Gasteiger partial charge < -0.3 is 15.0 Å². The molecule has 0 bridgehead atoms. The predicted molar refractivity (Wildman–Crippen MR) is 106 cm³/mol. The fourth-order valence-corrected chi connectivity index (χ4v) is 3.83. The molecule has 2 aromatic rings. The lowest BCUT2D eigenvalue weighted by molar-refractivity contribution is -0.119. The number of nitrogens with one attached hydrogen (secondary N) is 1. The van der Waals surface area contributed by atoms with Crippen molar-refractivity contribution < 1.29 is 18.7 Å². The molecule has 3 heterocycles. The van der Waals surface area contributed by atoms with E-state index in [9.17, 15) is 14.0 Å². The van der Waals surface area contributed by atoms with Gasteiger partial charge in [0.1, 0.15) is 11.9 Å². The quantitative estimate of drug-likeness (QED) is 0.831. The van der Waals surface area contributed by atoms with Crippen molar-refractivity contribution >= 4 is 23.4 Å². The highest BCUT2D eigenvalue weighted by Gasteiger charge is 2.33. The highest BCUT2D eigenvalue weighted by Crippen LogP contribution is 2.32. The van der Waals surface area contributed by atoms with E-state index < -0.39 is 12.2 Å². The van der Waals surface area contributed by atoms with Gasteiger partial charge in [-0.1, -0.05) is 0 Å². The molecule has 0 saturated carbocycles. The molecule has 4 rings (SSSR count). The van der Waals surface area contributed by atoms with Crippen molar-refractivity contribution in [3.63, 3.8) is 0 Å². The monoisotopic (exact) mass is 401 g/mol. The number of carbonyl (C=O) groups is 2. The van der Waals surface area contributed by atoms with Crippen molar-refractivity contribution in [1.82, 2.24) is 15.1 Å². The van der Waals surface area contributed by atoms with Gasteiger partial charge in [-0.3, -0.25) is 14.4 Å². The van der Waals surface area contributed by atoms with Gasteiger partial charge in [0.2, 0.25) is 5.91 Å². The van der Waals surface area contributed by atoms with E-state index in [2.05, 4.69) is 10.4 Å². The molecule has 1 aromatic heterocycles. The summed E-state index contributed by atoms with van der Waals surface area (Å²) < 4.78 is 22.1. The second kappa shape index (κ2) is 7.73. The molecule has 0 spiro atoms. The molecule has 154 valence electrons. The highest BCUT2D eigenvalue weighted by atomic mass is 19.1. The number of halogens is 1. The average molecular weight is 401 g/mol. The van der Waals surface area contributed by atoms with E-state index in [4.69, 9.17) is 4.74 Å². The number of nitrogens with zero attached hydrogens (tertiary/aromatic N) is 4. The molecular weight excluding hydrogens is 377 g/mol. The molecule has 1 unspecified atom stereocenters. The fourth-order valence-electron chi connectivity index (χ4n) is 3.83. The standard InChI is InChI=1S/C20H24FN5O3/c1-13-5-8-26(23-13)16-6-7-24(11-16)19-4-3-15(9-18(19)21)25-12-17(29-20(25)28)10-22-14(2)27/h3-5,8-9,16-17H,6-7,10-12H2,1-2H3,(H,22,27)/t16?,17-/m0/s1. The number of rotatable bonds is 5. The number of benzene rings is 1. The second-order valence-corrected chi connectivity index (χ2v) is 7.51. The molecule has 0 radical (unpaired) electrons. The SMILES string of the molecule is CC(=O)NC[C@H]1CN(c2ccc(N3CCC(n4ccc(C)n4)C3)c(F)c2)C(=O)O1. The van der Waals surface area contributed by atoms with Gasteiger partial charge in [0.25, 0.3) is 0 Å². The number of hydrogen-bond donors (Lipinski definition) is 1. The van der Waals surface area contributed by atoms with E-state index in [1.807, 2.05) is 28.8 Å². The summed E-state index contributed by atoms with van der Waals surface area (Å²) in [6, 6.07) is 6.97. The molecule has 2 saturated heterocycles. The van der Waals surface area contributed by atoms with Crippen LogP contribution < -0.4 is 15.1 Å². The predicted octanol–water partition coefficient (Wildman–Crippen LogP) is 2.24. The lowest BCUT2D eigenvalue weighted by Crippen LogP contribution is -2.33. The third-order valence-electron chi connectivity index (χ3n) is 5.32. The summed E-state index contributed by atoms with van der Waals surface area (Å²) >= 11 is 0. The van der Waals surface area contributed by atoms with Crippen molar-refractivity contribution in [2.75, 3.05) is 36.0 Å². The molecule has 1 aromatic carbocycles. The van der Waals surface area contributed by atoms with Gasteiger partial charge >= 0.3 is 6.09 Å². The number of hydrogen-bond acceptors (Lipinski definition) is 5. The minimum absolute atomic E-state index is 0.191. The van der Waals surface area contributed by atoms with Crippen LogP contribution in [0.15, 0.2) is 30.5 Å². The van der Waals surface area contributed by atoms with Crippen LogP contribution in [0.2, 0.25) is 0 Å². The van der Waals surface area contributed by atoms with Crippen LogP contribution >= 0.6 is 0 Å². The molecule has 2 fully saturated rings. The van der Waals surface area contributed by atoms with Crippen LogP contribution in [0.25, 0.3) is 0 Å². The van der Waals surface area contributed by atoms with Crippen LogP contribution in [0.3, 0.4) is 0 Å². The first-order valence-corrected chi connectivity index (χ1v) is 9.69. The number of aromatic nitrogens is 2. The summed E-state index contributed by atoms with van der Waals surface area (Å²) in [5, 5.41) is 7.09. The molecule has 0 aliphatic carbocycles. The molecule has 1 N–H and O–H groups in total. The van der Waals surface area contributed by atoms with Gasteiger partial charge in [0.15, 0.2) is 0 Å². The van der Waals surface area contributed by atoms with Crippen LogP contribution in [-0.4, -0.2) is 54.1 Å². The van der Waals surface area contributed by atoms with Crippen molar-refractivity contribution in [1.29, 1.82) is 0 Å². The lowest BCUT2D eigenvalue weighted by atomic mass is 10.2.